The molecule has 0 radical (unpaired) electrons. The maximum absolute atomic E-state index is 12.9. The number of rotatable bonds is 4. The SMILES string of the molecule is CCCc1nc(NC)cc(N2CCCC(C(F)(F)F)C2)n1. The molecule has 1 fully saturated rings. The second-order valence-electron chi connectivity index (χ2n) is 5.35. The van der Waals surface area contributed by atoms with E-state index in [2.05, 4.69) is 15.3 Å². The monoisotopic (exact) mass is 302 g/mol. The maximum atomic E-state index is 12.9. The Labute approximate surface area is 122 Å². The van der Waals surface area contributed by atoms with Gasteiger partial charge in [0.15, 0.2) is 0 Å². The van der Waals surface area contributed by atoms with Crippen LogP contribution in [0.15, 0.2) is 6.07 Å². The molecule has 0 bridgehead atoms. The van der Waals surface area contributed by atoms with Crippen molar-refractivity contribution in [3.63, 3.8) is 0 Å². The molecule has 2 rings (SSSR count). The zero-order valence-corrected chi connectivity index (χ0v) is 12.4. The van der Waals surface area contributed by atoms with Crippen LogP contribution in [0.4, 0.5) is 24.8 Å². The lowest BCUT2D eigenvalue weighted by Gasteiger charge is -2.34. The van der Waals surface area contributed by atoms with Crippen LogP contribution in [0.25, 0.3) is 0 Å². The molecule has 0 aliphatic carbocycles. The molecule has 2 heterocycles. The highest BCUT2D eigenvalue weighted by molar-refractivity contribution is 5.49. The fourth-order valence-corrected chi connectivity index (χ4v) is 2.56. The Kier molecular flexibility index (Phi) is 4.90. The predicted octanol–water partition coefficient (Wildman–Crippen LogP) is 3.25. The van der Waals surface area contributed by atoms with Crippen LogP contribution in [-0.4, -0.2) is 36.3 Å². The molecule has 0 spiro atoms. The van der Waals surface area contributed by atoms with E-state index in [9.17, 15) is 13.2 Å². The summed E-state index contributed by atoms with van der Waals surface area (Å²) >= 11 is 0. The van der Waals surface area contributed by atoms with Gasteiger partial charge in [0, 0.05) is 32.6 Å². The highest BCUT2D eigenvalue weighted by Gasteiger charge is 2.42. The Morgan fingerprint density at radius 1 is 1.38 bits per heavy atom. The van der Waals surface area contributed by atoms with Gasteiger partial charge in [0.25, 0.3) is 0 Å². The molecule has 1 N–H and O–H groups in total. The third-order valence-corrected chi connectivity index (χ3v) is 3.70. The molecule has 1 aromatic heterocycles. The molecule has 0 aromatic carbocycles. The van der Waals surface area contributed by atoms with E-state index in [1.54, 1.807) is 18.0 Å². The van der Waals surface area contributed by atoms with Gasteiger partial charge in [0.05, 0.1) is 5.92 Å². The van der Waals surface area contributed by atoms with Crippen LogP contribution in [0.5, 0.6) is 0 Å². The fraction of sp³-hybridized carbons (Fsp3) is 0.714. The van der Waals surface area contributed by atoms with Gasteiger partial charge in [-0.1, -0.05) is 6.92 Å². The van der Waals surface area contributed by atoms with E-state index in [0.717, 1.165) is 12.8 Å². The number of alkyl halides is 3. The quantitative estimate of drug-likeness (QED) is 0.927. The highest BCUT2D eigenvalue weighted by Crippen LogP contribution is 2.34. The van der Waals surface area contributed by atoms with Crippen molar-refractivity contribution in [1.29, 1.82) is 0 Å². The van der Waals surface area contributed by atoms with E-state index >= 15 is 0 Å². The van der Waals surface area contributed by atoms with Crippen molar-refractivity contribution in [3.05, 3.63) is 11.9 Å². The van der Waals surface area contributed by atoms with Gasteiger partial charge < -0.3 is 10.2 Å². The topological polar surface area (TPSA) is 41.1 Å². The zero-order valence-electron chi connectivity index (χ0n) is 12.4. The number of aryl methyl sites for hydroxylation is 1. The lowest BCUT2D eigenvalue weighted by atomic mass is 9.97. The van der Waals surface area contributed by atoms with Gasteiger partial charge in [0.2, 0.25) is 0 Å². The molecule has 0 saturated carbocycles. The van der Waals surface area contributed by atoms with Crippen molar-refractivity contribution in [1.82, 2.24) is 9.97 Å². The van der Waals surface area contributed by atoms with Gasteiger partial charge in [-0.25, -0.2) is 9.97 Å². The summed E-state index contributed by atoms with van der Waals surface area (Å²) < 4.78 is 38.7. The van der Waals surface area contributed by atoms with E-state index in [1.165, 1.54) is 0 Å². The average molecular weight is 302 g/mol. The third-order valence-electron chi connectivity index (χ3n) is 3.70. The van der Waals surface area contributed by atoms with Crippen LogP contribution in [0.3, 0.4) is 0 Å². The molecule has 118 valence electrons. The molecule has 4 nitrogen and oxygen atoms in total. The van der Waals surface area contributed by atoms with Crippen LogP contribution >= 0.6 is 0 Å². The molecule has 1 saturated heterocycles. The first-order valence-electron chi connectivity index (χ1n) is 7.31. The zero-order chi connectivity index (χ0) is 15.5. The second kappa shape index (κ2) is 6.49. The first kappa shape index (κ1) is 15.9. The van der Waals surface area contributed by atoms with E-state index in [-0.39, 0.29) is 13.0 Å². The van der Waals surface area contributed by atoms with Crippen molar-refractivity contribution in [2.45, 2.75) is 38.8 Å². The van der Waals surface area contributed by atoms with Crippen molar-refractivity contribution in [2.75, 3.05) is 30.4 Å². The number of hydrogen-bond donors (Lipinski definition) is 1. The number of nitrogens with zero attached hydrogens (tertiary/aromatic N) is 3. The van der Waals surface area contributed by atoms with E-state index in [4.69, 9.17) is 0 Å². The van der Waals surface area contributed by atoms with Gasteiger partial charge in [-0.3, -0.25) is 0 Å². The van der Waals surface area contributed by atoms with Crippen LogP contribution in [0, 0.1) is 5.92 Å². The molecule has 1 atom stereocenters. The summed E-state index contributed by atoms with van der Waals surface area (Å²) in [4.78, 5) is 10.5. The Morgan fingerprint density at radius 3 is 2.76 bits per heavy atom. The Morgan fingerprint density at radius 2 is 2.14 bits per heavy atom. The highest BCUT2D eigenvalue weighted by atomic mass is 19.4. The lowest BCUT2D eigenvalue weighted by molar-refractivity contribution is -0.176. The maximum Gasteiger partial charge on any atom is 0.393 e. The average Bonchev–Trinajstić information content (AvgIpc) is 2.46. The smallest absolute Gasteiger partial charge is 0.373 e. The lowest BCUT2D eigenvalue weighted by Crippen LogP contribution is -2.42. The largest absolute Gasteiger partial charge is 0.393 e. The summed E-state index contributed by atoms with van der Waals surface area (Å²) in [5, 5.41) is 2.95. The second-order valence-corrected chi connectivity index (χ2v) is 5.35. The van der Waals surface area contributed by atoms with Crippen molar-refractivity contribution < 1.29 is 13.2 Å². The normalized spacial score (nSPS) is 19.7. The third kappa shape index (κ3) is 3.98. The molecule has 1 aliphatic rings. The summed E-state index contributed by atoms with van der Waals surface area (Å²) in [7, 11) is 1.75. The molecule has 7 heteroatoms. The first-order chi connectivity index (χ1) is 9.94. The van der Waals surface area contributed by atoms with Gasteiger partial charge in [0.1, 0.15) is 17.5 Å². The van der Waals surface area contributed by atoms with Gasteiger partial charge in [-0.05, 0) is 19.3 Å². The molecule has 21 heavy (non-hydrogen) atoms. The standard InChI is InChI=1S/C14H21F3N4/c1-3-5-11-19-12(18-2)8-13(20-11)21-7-4-6-10(9-21)14(15,16)17/h8,10H,3-7,9H2,1-2H3,(H,18,19,20). The van der Waals surface area contributed by atoms with Gasteiger partial charge >= 0.3 is 6.18 Å². The Hall–Kier alpha value is -1.53. The fourth-order valence-electron chi connectivity index (χ4n) is 2.56. The van der Waals surface area contributed by atoms with E-state index < -0.39 is 12.1 Å². The van der Waals surface area contributed by atoms with E-state index in [0.29, 0.717) is 30.4 Å². The van der Waals surface area contributed by atoms with Gasteiger partial charge in [-0.2, -0.15) is 13.2 Å². The van der Waals surface area contributed by atoms with Crippen LogP contribution in [-0.2, 0) is 6.42 Å². The summed E-state index contributed by atoms with van der Waals surface area (Å²) in [6, 6.07) is 1.72. The Balaban J connectivity index is 2.21. The first-order valence-corrected chi connectivity index (χ1v) is 7.31. The molecule has 0 amide bonds. The number of anilines is 2. The minimum atomic E-state index is -4.14. The van der Waals surface area contributed by atoms with Crippen molar-refractivity contribution in [2.24, 2.45) is 5.92 Å². The molecule has 1 unspecified atom stereocenters. The predicted molar refractivity (Wildman–Crippen MR) is 76.6 cm³/mol. The Bertz CT molecular complexity index is 476. The molecular weight excluding hydrogens is 281 g/mol. The molecular formula is C14H21F3N4. The van der Waals surface area contributed by atoms with Crippen LogP contribution in [0.2, 0.25) is 0 Å². The van der Waals surface area contributed by atoms with E-state index in [1.807, 2.05) is 6.92 Å². The number of piperidine rings is 1. The number of nitrogens with one attached hydrogen (secondary N) is 1. The van der Waals surface area contributed by atoms with Crippen LogP contribution in [0.1, 0.15) is 32.0 Å². The number of halogens is 3. The molecule has 1 aromatic rings. The molecule has 1 aliphatic heterocycles. The number of aromatic nitrogens is 2. The summed E-state index contributed by atoms with van der Waals surface area (Å²) in [6.45, 7) is 2.61. The minimum Gasteiger partial charge on any atom is -0.373 e. The van der Waals surface area contributed by atoms with Crippen molar-refractivity contribution >= 4 is 11.6 Å². The van der Waals surface area contributed by atoms with Crippen LogP contribution < -0.4 is 10.2 Å². The summed E-state index contributed by atoms with van der Waals surface area (Å²) in [5.41, 5.74) is 0. The summed E-state index contributed by atoms with van der Waals surface area (Å²) in [6.07, 6.45) is -1.78. The van der Waals surface area contributed by atoms with Crippen molar-refractivity contribution in [3.8, 4) is 0 Å². The van der Waals surface area contributed by atoms with Gasteiger partial charge in [-0.15, -0.1) is 0 Å². The number of hydrogen-bond acceptors (Lipinski definition) is 4. The minimum absolute atomic E-state index is 0.0186. The summed E-state index contributed by atoms with van der Waals surface area (Å²) in [5.74, 6) is 0.645.